The maximum absolute atomic E-state index is 12.0. The summed E-state index contributed by atoms with van der Waals surface area (Å²) in [5, 5.41) is 4.02. The second-order valence-corrected chi connectivity index (χ2v) is 8.52. The van der Waals surface area contributed by atoms with Gasteiger partial charge in [0.05, 0.1) is 10.4 Å². The molecule has 1 amide bonds. The Labute approximate surface area is 183 Å². The molecule has 2 aromatic carbocycles. The number of aryl methyl sites for hydroxylation is 2. The van der Waals surface area contributed by atoms with Crippen LogP contribution in [-0.4, -0.2) is 11.0 Å². The maximum Gasteiger partial charge on any atom is 0.259 e. The maximum atomic E-state index is 12.0. The lowest BCUT2D eigenvalue weighted by atomic mass is 9.92. The van der Waals surface area contributed by atoms with E-state index in [-0.39, 0.29) is 0 Å². The van der Waals surface area contributed by atoms with Crippen LogP contribution in [0.15, 0.2) is 60.8 Å². The molecule has 3 N–H and O–H groups in total. The first kappa shape index (κ1) is 19.4. The van der Waals surface area contributed by atoms with Crippen molar-refractivity contribution in [2.24, 2.45) is 12.8 Å². The van der Waals surface area contributed by atoms with Gasteiger partial charge in [0.2, 0.25) is 0 Å². The molecule has 0 spiro atoms. The van der Waals surface area contributed by atoms with Crippen molar-refractivity contribution in [1.29, 1.82) is 0 Å². The third-order valence-electron chi connectivity index (χ3n) is 5.33. The number of primary amides is 1. The lowest BCUT2D eigenvalue weighted by molar-refractivity contribution is -0.726. The molecule has 156 valence electrons. The minimum absolute atomic E-state index is 0.417. The molecule has 4 aromatic rings. The summed E-state index contributed by atoms with van der Waals surface area (Å²) in [6.45, 7) is 0.508. The SMILES string of the molecule is C[n+]1cc2c([nH]1)-c1c(Oc3ccc(OCc4ccccc4)cc3)sc(C(N)=O)c1CC2. The van der Waals surface area contributed by atoms with Gasteiger partial charge in [-0.25, -0.2) is 0 Å². The van der Waals surface area contributed by atoms with Gasteiger partial charge < -0.3 is 15.2 Å². The van der Waals surface area contributed by atoms with E-state index in [2.05, 4.69) is 11.3 Å². The number of nitrogens with one attached hydrogen (secondary N) is 1. The quantitative estimate of drug-likeness (QED) is 0.450. The first-order valence-electron chi connectivity index (χ1n) is 10.1. The zero-order valence-corrected chi connectivity index (χ0v) is 17.9. The Hall–Kier alpha value is -3.58. The van der Waals surface area contributed by atoms with Gasteiger partial charge in [0.25, 0.3) is 5.91 Å². The number of rotatable bonds is 6. The van der Waals surface area contributed by atoms with Gasteiger partial charge in [-0.15, -0.1) is 4.68 Å². The number of ether oxygens (including phenoxy) is 2. The number of H-pyrrole nitrogens is 1. The number of nitrogens with two attached hydrogens (primary N) is 1. The van der Waals surface area contributed by atoms with Gasteiger partial charge in [-0.3, -0.25) is 4.79 Å². The molecule has 1 aliphatic rings. The number of aromatic nitrogens is 2. The number of nitrogens with zero attached hydrogens (tertiary/aromatic N) is 1. The third-order valence-corrected chi connectivity index (χ3v) is 6.46. The molecule has 5 rings (SSSR count). The molecule has 0 unspecified atom stereocenters. The van der Waals surface area contributed by atoms with Gasteiger partial charge in [-0.2, -0.15) is 5.10 Å². The van der Waals surface area contributed by atoms with E-state index in [4.69, 9.17) is 15.2 Å². The van der Waals surface area contributed by atoms with Gasteiger partial charge in [-0.05, 0) is 48.2 Å². The lowest BCUT2D eigenvalue weighted by Crippen LogP contribution is -2.28. The van der Waals surface area contributed by atoms with E-state index in [0.29, 0.717) is 22.3 Å². The molecule has 0 aliphatic heterocycles. The second-order valence-electron chi connectivity index (χ2n) is 7.54. The van der Waals surface area contributed by atoms with Gasteiger partial charge in [0, 0.05) is 5.56 Å². The highest BCUT2D eigenvalue weighted by Crippen LogP contribution is 2.47. The molecule has 0 fully saturated rings. The number of amides is 1. The largest absolute Gasteiger partial charge is 0.489 e. The van der Waals surface area contributed by atoms with Crippen LogP contribution in [0.1, 0.15) is 26.4 Å². The average Bonchev–Trinajstić information content (AvgIpc) is 3.33. The monoisotopic (exact) mass is 432 g/mol. The molecule has 31 heavy (non-hydrogen) atoms. The molecule has 0 bridgehead atoms. The number of hydrogen-bond donors (Lipinski definition) is 2. The molecule has 0 radical (unpaired) electrons. The topological polar surface area (TPSA) is 81.2 Å². The molecule has 7 heteroatoms. The van der Waals surface area contributed by atoms with E-state index < -0.39 is 5.91 Å². The summed E-state index contributed by atoms with van der Waals surface area (Å²) in [5.74, 6) is 1.02. The van der Waals surface area contributed by atoms with Crippen LogP contribution in [0.2, 0.25) is 0 Å². The van der Waals surface area contributed by atoms with Gasteiger partial charge >= 0.3 is 0 Å². The highest BCUT2D eigenvalue weighted by molar-refractivity contribution is 7.16. The normalized spacial score (nSPS) is 12.2. The van der Waals surface area contributed by atoms with E-state index >= 15 is 0 Å². The van der Waals surface area contributed by atoms with Crippen LogP contribution < -0.4 is 19.9 Å². The summed E-state index contributed by atoms with van der Waals surface area (Å²) in [6, 6.07) is 17.5. The summed E-state index contributed by atoms with van der Waals surface area (Å²) in [6.07, 6.45) is 3.71. The van der Waals surface area contributed by atoms with Crippen molar-refractivity contribution in [1.82, 2.24) is 5.10 Å². The number of benzene rings is 2. The summed E-state index contributed by atoms with van der Waals surface area (Å²) in [4.78, 5) is 12.6. The smallest absolute Gasteiger partial charge is 0.259 e. The van der Waals surface area contributed by atoms with Crippen LogP contribution >= 0.6 is 11.3 Å². The standard InChI is InChI=1S/C24H21N3O3S/c1-27-13-16-7-12-19-20(21(16)26-27)24(31-22(19)23(25)28)30-18-10-8-17(9-11-18)29-14-15-5-3-2-4-6-15/h2-6,8-11,13H,7,12,14H2,1H3,(H2,25,28)/p+1. The molecule has 6 nitrogen and oxygen atoms in total. The molecule has 2 aromatic heterocycles. The van der Waals surface area contributed by atoms with Crippen molar-refractivity contribution in [3.63, 3.8) is 0 Å². The predicted octanol–water partition coefficient (Wildman–Crippen LogP) is 4.14. The number of carbonyl (C=O) groups excluding carboxylic acids is 1. The number of carbonyl (C=O) groups is 1. The predicted molar refractivity (Wildman–Crippen MR) is 118 cm³/mol. The molecular formula is C24H22N3O3S+. The van der Waals surface area contributed by atoms with Crippen molar-refractivity contribution in [2.75, 3.05) is 0 Å². The Morgan fingerprint density at radius 3 is 2.58 bits per heavy atom. The van der Waals surface area contributed by atoms with Crippen LogP contribution in [-0.2, 0) is 26.5 Å². The van der Waals surface area contributed by atoms with Crippen molar-refractivity contribution in [3.8, 4) is 27.8 Å². The second kappa shape index (κ2) is 7.92. The van der Waals surface area contributed by atoms with E-state index in [1.807, 2.05) is 66.3 Å². The van der Waals surface area contributed by atoms with Crippen molar-refractivity contribution in [3.05, 3.63) is 82.4 Å². The first-order chi connectivity index (χ1) is 15.1. The summed E-state index contributed by atoms with van der Waals surface area (Å²) in [5.41, 5.74) is 10.9. The summed E-state index contributed by atoms with van der Waals surface area (Å²) < 4.78 is 14.0. The first-order valence-corrected chi connectivity index (χ1v) is 10.9. The van der Waals surface area contributed by atoms with Crippen LogP contribution in [0.5, 0.6) is 16.6 Å². The van der Waals surface area contributed by atoms with Crippen LogP contribution in [0, 0.1) is 0 Å². The van der Waals surface area contributed by atoms with Gasteiger partial charge in [0.15, 0.2) is 18.3 Å². The zero-order valence-electron chi connectivity index (χ0n) is 17.1. The Bertz CT molecular complexity index is 1240. The fourth-order valence-corrected chi connectivity index (χ4v) is 4.98. The Morgan fingerprint density at radius 1 is 1.10 bits per heavy atom. The number of fused-ring (bicyclic) bond motifs is 3. The van der Waals surface area contributed by atoms with Crippen molar-refractivity contribution < 1.29 is 19.0 Å². The highest BCUT2D eigenvalue weighted by atomic mass is 32.1. The summed E-state index contributed by atoms with van der Waals surface area (Å²) in [7, 11) is 1.95. The minimum Gasteiger partial charge on any atom is -0.489 e. The van der Waals surface area contributed by atoms with Crippen molar-refractivity contribution >= 4 is 17.2 Å². The number of aromatic amines is 1. The average molecular weight is 433 g/mol. The Morgan fingerprint density at radius 2 is 1.84 bits per heavy atom. The van der Waals surface area contributed by atoms with E-state index in [9.17, 15) is 4.79 Å². The Balaban J connectivity index is 1.40. The molecule has 0 atom stereocenters. The molecule has 0 saturated heterocycles. The van der Waals surface area contributed by atoms with Crippen LogP contribution in [0.25, 0.3) is 11.3 Å². The summed E-state index contributed by atoms with van der Waals surface area (Å²) >= 11 is 1.31. The fourth-order valence-electron chi connectivity index (χ4n) is 3.90. The van der Waals surface area contributed by atoms with E-state index in [1.54, 1.807) is 0 Å². The van der Waals surface area contributed by atoms with E-state index in [1.165, 1.54) is 16.9 Å². The highest BCUT2D eigenvalue weighted by Gasteiger charge is 2.32. The molecular weight excluding hydrogens is 410 g/mol. The van der Waals surface area contributed by atoms with Crippen LogP contribution in [0.3, 0.4) is 0 Å². The van der Waals surface area contributed by atoms with E-state index in [0.717, 1.165) is 41.0 Å². The van der Waals surface area contributed by atoms with Gasteiger partial charge in [0.1, 0.15) is 23.8 Å². The van der Waals surface area contributed by atoms with Gasteiger partial charge in [-0.1, -0.05) is 41.7 Å². The number of thiophene rings is 1. The number of hydrogen-bond acceptors (Lipinski definition) is 4. The molecule has 1 aliphatic carbocycles. The molecule has 2 heterocycles. The molecule has 0 saturated carbocycles. The Kier molecular flexibility index (Phi) is 4.95. The van der Waals surface area contributed by atoms with Crippen LogP contribution in [0.4, 0.5) is 0 Å². The zero-order chi connectivity index (χ0) is 21.4. The minimum atomic E-state index is -0.417. The fraction of sp³-hybridized carbons (Fsp3) is 0.167. The lowest BCUT2D eigenvalue weighted by Gasteiger charge is -2.13. The van der Waals surface area contributed by atoms with Crippen molar-refractivity contribution in [2.45, 2.75) is 19.4 Å². The third kappa shape index (κ3) is 3.80.